The molecule has 0 spiro atoms. The van der Waals surface area contributed by atoms with Crippen LogP contribution >= 0.6 is 0 Å². The van der Waals surface area contributed by atoms with Gasteiger partial charge in [0.05, 0.1) is 11.1 Å². The van der Waals surface area contributed by atoms with E-state index in [2.05, 4.69) is 0 Å². The molecule has 6 heteroatoms. The third-order valence-corrected chi connectivity index (χ3v) is 1.78. The first-order chi connectivity index (χ1) is 6.64. The first kappa shape index (κ1) is 11.9. The second-order valence-corrected chi connectivity index (χ2v) is 2.92. The van der Waals surface area contributed by atoms with Gasteiger partial charge in [-0.15, -0.1) is 0 Å². The smallest absolute Gasteiger partial charge is 0.166 e. The van der Waals surface area contributed by atoms with E-state index in [1.54, 1.807) is 0 Å². The molecular formula is C9H5F6. The Bertz CT molecular complexity index is 360. The van der Waals surface area contributed by atoms with Crippen LogP contribution in [0.25, 0.3) is 0 Å². The largest absolute Gasteiger partial charge is 0.417 e. The lowest BCUT2D eigenvalue weighted by atomic mass is 10.0. The highest BCUT2D eigenvalue weighted by molar-refractivity contribution is 5.38. The third kappa shape index (κ3) is 2.43. The Morgan fingerprint density at radius 3 is 1.80 bits per heavy atom. The molecule has 15 heavy (non-hydrogen) atoms. The van der Waals surface area contributed by atoms with Crippen LogP contribution in [0.1, 0.15) is 16.7 Å². The van der Waals surface area contributed by atoms with Crippen LogP contribution < -0.4 is 0 Å². The fraction of sp³-hybridized carbons (Fsp3) is 0.333. The molecule has 1 aromatic rings. The van der Waals surface area contributed by atoms with Gasteiger partial charge in [-0.1, -0.05) is 6.07 Å². The zero-order valence-corrected chi connectivity index (χ0v) is 7.42. The molecule has 0 heterocycles. The van der Waals surface area contributed by atoms with E-state index in [0.29, 0.717) is 6.07 Å². The highest BCUT2D eigenvalue weighted by Gasteiger charge is 2.43. The lowest BCUT2D eigenvalue weighted by Gasteiger charge is -2.16. The van der Waals surface area contributed by atoms with Gasteiger partial charge in [0, 0.05) is 0 Å². The number of alkyl halides is 6. The molecule has 0 aliphatic heterocycles. The van der Waals surface area contributed by atoms with E-state index >= 15 is 0 Å². The van der Waals surface area contributed by atoms with Gasteiger partial charge < -0.3 is 0 Å². The van der Waals surface area contributed by atoms with Gasteiger partial charge in [0.25, 0.3) is 0 Å². The summed E-state index contributed by atoms with van der Waals surface area (Å²) in [6, 6.07) is 3.20. The van der Waals surface area contributed by atoms with Crippen molar-refractivity contribution in [2.45, 2.75) is 19.3 Å². The zero-order chi connectivity index (χ0) is 11.9. The molecule has 0 aliphatic rings. The summed E-state index contributed by atoms with van der Waals surface area (Å²) in [6.07, 6.45) is -10.0. The fourth-order valence-corrected chi connectivity index (χ4v) is 1.21. The topological polar surface area (TPSA) is 0 Å². The second kappa shape index (κ2) is 3.43. The Labute approximate surface area is 81.5 Å². The van der Waals surface area contributed by atoms with Crippen molar-refractivity contribution in [3.05, 3.63) is 34.9 Å². The SMILES string of the molecule is Cc1c[c]cc(C(F)(F)F)c1C(F)(F)F. The van der Waals surface area contributed by atoms with Crippen molar-refractivity contribution in [2.24, 2.45) is 0 Å². The summed E-state index contributed by atoms with van der Waals surface area (Å²) in [7, 11) is 0. The summed E-state index contributed by atoms with van der Waals surface area (Å²) in [6.45, 7) is 0.967. The van der Waals surface area contributed by atoms with Crippen molar-refractivity contribution in [1.29, 1.82) is 0 Å². The van der Waals surface area contributed by atoms with Crippen LogP contribution in [0.4, 0.5) is 26.3 Å². The molecule has 0 N–H and O–H groups in total. The van der Waals surface area contributed by atoms with Crippen LogP contribution in [0.15, 0.2) is 12.1 Å². The highest BCUT2D eigenvalue weighted by atomic mass is 19.4. The average molecular weight is 227 g/mol. The summed E-state index contributed by atoms with van der Waals surface area (Å²) >= 11 is 0. The fourth-order valence-electron chi connectivity index (χ4n) is 1.21. The molecule has 0 atom stereocenters. The van der Waals surface area contributed by atoms with E-state index in [-0.39, 0.29) is 0 Å². The molecule has 1 radical (unpaired) electrons. The van der Waals surface area contributed by atoms with Crippen molar-refractivity contribution < 1.29 is 26.3 Å². The standard InChI is InChI=1S/C9H5F6/c1-5-3-2-4-6(8(10,11)12)7(5)9(13,14)15/h3-4H,1H3. The summed E-state index contributed by atoms with van der Waals surface area (Å²) in [5.74, 6) is 0. The number of aryl methyl sites for hydroxylation is 1. The first-order valence-electron chi connectivity index (χ1n) is 3.79. The van der Waals surface area contributed by atoms with Gasteiger partial charge in [0.2, 0.25) is 0 Å². The average Bonchev–Trinajstić information content (AvgIpc) is 1.99. The second-order valence-electron chi connectivity index (χ2n) is 2.92. The molecule has 0 aliphatic carbocycles. The number of hydrogen-bond acceptors (Lipinski definition) is 0. The van der Waals surface area contributed by atoms with Crippen LogP contribution in [-0.4, -0.2) is 0 Å². The Morgan fingerprint density at radius 1 is 0.933 bits per heavy atom. The normalized spacial score (nSPS) is 13.0. The Kier molecular flexibility index (Phi) is 2.71. The molecular weight excluding hydrogens is 222 g/mol. The Morgan fingerprint density at radius 2 is 1.47 bits per heavy atom. The zero-order valence-electron chi connectivity index (χ0n) is 7.42. The maximum Gasteiger partial charge on any atom is 0.417 e. The van der Waals surface area contributed by atoms with Crippen molar-refractivity contribution in [3.8, 4) is 0 Å². The van der Waals surface area contributed by atoms with Crippen LogP contribution in [-0.2, 0) is 12.4 Å². The summed E-state index contributed by atoms with van der Waals surface area (Å²) in [4.78, 5) is 0. The van der Waals surface area contributed by atoms with Crippen molar-refractivity contribution in [2.75, 3.05) is 0 Å². The quantitative estimate of drug-likeness (QED) is 0.591. The van der Waals surface area contributed by atoms with E-state index in [1.807, 2.05) is 6.07 Å². The number of benzene rings is 1. The molecule has 0 saturated carbocycles. The van der Waals surface area contributed by atoms with E-state index in [1.165, 1.54) is 0 Å². The van der Waals surface area contributed by atoms with E-state index in [4.69, 9.17) is 0 Å². The predicted octanol–water partition coefficient (Wildman–Crippen LogP) is 3.83. The molecule has 1 aromatic carbocycles. The van der Waals surface area contributed by atoms with Gasteiger partial charge in [-0.25, -0.2) is 0 Å². The van der Waals surface area contributed by atoms with E-state index in [0.717, 1.165) is 13.0 Å². The van der Waals surface area contributed by atoms with Gasteiger partial charge in [-0.3, -0.25) is 0 Å². The summed E-state index contributed by atoms with van der Waals surface area (Å²) in [5, 5.41) is 0. The molecule has 0 nitrogen and oxygen atoms in total. The lowest BCUT2D eigenvalue weighted by Crippen LogP contribution is -2.17. The summed E-state index contributed by atoms with van der Waals surface area (Å²) in [5.41, 5.74) is -3.83. The lowest BCUT2D eigenvalue weighted by molar-refractivity contribution is -0.162. The molecule has 0 bridgehead atoms. The van der Waals surface area contributed by atoms with Gasteiger partial charge in [0.1, 0.15) is 0 Å². The van der Waals surface area contributed by atoms with E-state index in [9.17, 15) is 26.3 Å². The van der Waals surface area contributed by atoms with Crippen LogP contribution in [0.2, 0.25) is 0 Å². The molecule has 0 unspecified atom stereocenters. The monoisotopic (exact) mass is 227 g/mol. The first-order valence-corrected chi connectivity index (χ1v) is 3.79. The highest BCUT2D eigenvalue weighted by Crippen LogP contribution is 2.41. The minimum atomic E-state index is -5.02. The van der Waals surface area contributed by atoms with Crippen molar-refractivity contribution in [1.82, 2.24) is 0 Å². The molecule has 1 rings (SSSR count). The molecule has 0 aromatic heterocycles. The maximum atomic E-state index is 12.3. The molecule has 83 valence electrons. The molecule has 0 fully saturated rings. The number of rotatable bonds is 0. The van der Waals surface area contributed by atoms with Crippen molar-refractivity contribution in [3.63, 3.8) is 0 Å². The van der Waals surface area contributed by atoms with Crippen LogP contribution in [0.5, 0.6) is 0 Å². The van der Waals surface area contributed by atoms with Gasteiger partial charge >= 0.3 is 12.4 Å². The number of hydrogen-bond donors (Lipinski definition) is 0. The minimum absolute atomic E-state index is 0.301. The molecule has 0 amide bonds. The van der Waals surface area contributed by atoms with Crippen LogP contribution in [0.3, 0.4) is 0 Å². The summed E-state index contributed by atoms with van der Waals surface area (Å²) < 4.78 is 73.7. The maximum absolute atomic E-state index is 12.3. The predicted molar refractivity (Wildman–Crippen MR) is 40.0 cm³/mol. The number of halogens is 6. The minimum Gasteiger partial charge on any atom is -0.166 e. The molecule has 0 saturated heterocycles. The van der Waals surface area contributed by atoms with Crippen LogP contribution in [0, 0.1) is 13.0 Å². The Balaban J connectivity index is 3.48. The van der Waals surface area contributed by atoms with Gasteiger partial charge in [0.15, 0.2) is 0 Å². The van der Waals surface area contributed by atoms with Crippen molar-refractivity contribution >= 4 is 0 Å². The van der Waals surface area contributed by atoms with Gasteiger partial charge in [-0.2, -0.15) is 26.3 Å². The van der Waals surface area contributed by atoms with Gasteiger partial charge in [-0.05, 0) is 24.6 Å². The Hall–Kier alpha value is -1.20. The third-order valence-electron chi connectivity index (χ3n) is 1.78. The van der Waals surface area contributed by atoms with E-state index < -0.39 is 29.0 Å².